The molecule has 0 amide bonds. The van der Waals surface area contributed by atoms with E-state index >= 15 is 0 Å². The van der Waals surface area contributed by atoms with E-state index in [-0.39, 0.29) is 70.4 Å². The summed E-state index contributed by atoms with van der Waals surface area (Å²) in [6.45, 7) is 5.34. The monoisotopic (exact) mass is 276 g/mol. The van der Waals surface area contributed by atoms with Crippen LogP contribution in [0.3, 0.4) is 0 Å². The van der Waals surface area contributed by atoms with E-state index in [9.17, 15) is 17.8 Å². The van der Waals surface area contributed by atoms with Crippen molar-refractivity contribution in [1.82, 2.24) is 0 Å². The summed E-state index contributed by atoms with van der Waals surface area (Å²) in [6, 6.07) is 0. The van der Waals surface area contributed by atoms with Crippen molar-refractivity contribution in [3.8, 4) is 0 Å². The standard InChI is InChI=1S/C9H18O5S.K/c1-4-9(2,3)8(10)14-6-5-7-15(11,12)13;/h4-7H2,1-3H3,(H,11,12,13);/q;+1/p-1. The van der Waals surface area contributed by atoms with Crippen molar-refractivity contribution < 1.29 is 73.9 Å². The number of rotatable bonds is 6. The molecular weight excluding hydrogens is 259 g/mol. The van der Waals surface area contributed by atoms with Gasteiger partial charge in [0.25, 0.3) is 0 Å². The van der Waals surface area contributed by atoms with Gasteiger partial charge in [-0.05, 0) is 26.7 Å². The summed E-state index contributed by atoms with van der Waals surface area (Å²) in [4.78, 5) is 11.4. The Morgan fingerprint density at radius 2 is 1.88 bits per heavy atom. The third-order valence-electron chi connectivity index (χ3n) is 2.21. The Balaban J connectivity index is 0. The molecule has 16 heavy (non-hydrogen) atoms. The fourth-order valence-electron chi connectivity index (χ4n) is 0.740. The van der Waals surface area contributed by atoms with Gasteiger partial charge in [0.2, 0.25) is 0 Å². The van der Waals surface area contributed by atoms with E-state index in [2.05, 4.69) is 0 Å². The molecule has 0 aromatic carbocycles. The van der Waals surface area contributed by atoms with Gasteiger partial charge in [-0.2, -0.15) is 0 Å². The summed E-state index contributed by atoms with van der Waals surface area (Å²) in [5, 5.41) is 0. The fraction of sp³-hybridized carbons (Fsp3) is 0.889. The van der Waals surface area contributed by atoms with Gasteiger partial charge in [0.05, 0.1) is 22.1 Å². The molecule has 0 spiro atoms. The molecule has 0 radical (unpaired) electrons. The van der Waals surface area contributed by atoms with E-state index < -0.39 is 21.3 Å². The average Bonchev–Trinajstić information content (AvgIpc) is 2.10. The first-order chi connectivity index (χ1) is 6.69. The van der Waals surface area contributed by atoms with Gasteiger partial charge in [-0.3, -0.25) is 4.79 Å². The second-order valence-electron chi connectivity index (χ2n) is 3.99. The van der Waals surface area contributed by atoms with Crippen molar-refractivity contribution >= 4 is 16.1 Å². The molecule has 0 bridgehead atoms. The smallest absolute Gasteiger partial charge is 0.748 e. The van der Waals surface area contributed by atoms with Crippen LogP contribution in [-0.2, 0) is 19.6 Å². The van der Waals surface area contributed by atoms with Gasteiger partial charge >= 0.3 is 57.4 Å². The molecule has 0 aliphatic heterocycles. The van der Waals surface area contributed by atoms with Crippen LogP contribution in [0.25, 0.3) is 0 Å². The van der Waals surface area contributed by atoms with Crippen LogP contribution >= 0.6 is 0 Å². The van der Waals surface area contributed by atoms with Crippen molar-refractivity contribution in [2.45, 2.75) is 33.6 Å². The van der Waals surface area contributed by atoms with E-state index in [0.29, 0.717) is 6.42 Å². The first-order valence-electron chi connectivity index (χ1n) is 4.80. The predicted octanol–water partition coefficient (Wildman–Crippen LogP) is -2.09. The van der Waals surface area contributed by atoms with E-state index in [0.717, 1.165) is 0 Å². The number of carbonyl (C=O) groups excluding carboxylic acids is 1. The maximum atomic E-state index is 11.4. The molecule has 0 saturated carbocycles. The molecular formula is C9H17KO5S. The van der Waals surface area contributed by atoms with E-state index in [4.69, 9.17) is 4.74 Å². The summed E-state index contributed by atoms with van der Waals surface area (Å²) >= 11 is 0. The Morgan fingerprint density at radius 1 is 1.38 bits per heavy atom. The summed E-state index contributed by atoms with van der Waals surface area (Å²) in [5.41, 5.74) is -0.559. The molecule has 0 saturated heterocycles. The fourth-order valence-corrected chi connectivity index (χ4v) is 1.21. The Morgan fingerprint density at radius 3 is 2.25 bits per heavy atom. The molecule has 0 rings (SSSR count). The van der Waals surface area contributed by atoms with Crippen molar-refractivity contribution in [3.05, 3.63) is 0 Å². The molecule has 0 heterocycles. The zero-order chi connectivity index (χ0) is 12.1. The average molecular weight is 276 g/mol. The van der Waals surface area contributed by atoms with Crippen LogP contribution in [0.1, 0.15) is 33.6 Å². The number of ether oxygens (including phenoxy) is 1. The van der Waals surface area contributed by atoms with Crippen LogP contribution in [0.2, 0.25) is 0 Å². The van der Waals surface area contributed by atoms with Crippen LogP contribution in [0.5, 0.6) is 0 Å². The third kappa shape index (κ3) is 9.09. The number of hydrogen-bond donors (Lipinski definition) is 0. The van der Waals surface area contributed by atoms with Crippen LogP contribution in [0.15, 0.2) is 0 Å². The van der Waals surface area contributed by atoms with Gasteiger partial charge in [0, 0.05) is 5.75 Å². The van der Waals surface area contributed by atoms with Gasteiger partial charge in [0.15, 0.2) is 0 Å². The van der Waals surface area contributed by atoms with E-state index in [1.54, 1.807) is 13.8 Å². The third-order valence-corrected chi connectivity index (χ3v) is 3.00. The number of hydrogen-bond acceptors (Lipinski definition) is 5. The topological polar surface area (TPSA) is 83.5 Å². The maximum Gasteiger partial charge on any atom is 1.00 e. The molecule has 0 unspecified atom stereocenters. The van der Waals surface area contributed by atoms with Crippen LogP contribution in [0.4, 0.5) is 0 Å². The second kappa shape index (κ2) is 8.18. The first-order valence-corrected chi connectivity index (χ1v) is 6.37. The quantitative estimate of drug-likeness (QED) is 0.240. The Labute approximate surface area is 139 Å². The predicted molar refractivity (Wildman–Crippen MR) is 54.2 cm³/mol. The van der Waals surface area contributed by atoms with Gasteiger partial charge in [-0.25, -0.2) is 8.42 Å². The summed E-state index contributed by atoms with van der Waals surface area (Å²) < 4.78 is 35.5. The van der Waals surface area contributed by atoms with Crippen LogP contribution < -0.4 is 51.4 Å². The Kier molecular flexibility index (Phi) is 9.89. The Hall–Kier alpha value is 1.02. The van der Waals surface area contributed by atoms with Gasteiger partial charge in [-0.15, -0.1) is 0 Å². The second-order valence-corrected chi connectivity index (χ2v) is 5.51. The number of esters is 1. The van der Waals surface area contributed by atoms with Crippen molar-refractivity contribution in [1.29, 1.82) is 0 Å². The van der Waals surface area contributed by atoms with Crippen molar-refractivity contribution in [3.63, 3.8) is 0 Å². The zero-order valence-corrected chi connectivity index (χ0v) is 14.2. The first kappa shape index (κ1) is 19.4. The van der Waals surface area contributed by atoms with Crippen LogP contribution in [0, 0.1) is 5.41 Å². The number of carbonyl (C=O) groups is 1. The zero-order valence-electron chi connectivity index (χ0n) is 10.3. The summed E-state index contributed by atoms with van der Waals surface area (Å²) in [7, 11) is -4.20. The minimum absolute atomic E-state index is 0. The maximum absolute atomic E-state index is 11.4. The molecule has 0 aliphatic carbocycles. The molecule has 0 aromatic rings. The molecule has 0 aromatic heterocycles. The van der Waals surface area contributed by atoms with Crippen molar-refractivity contribution in [2.75, 3.05) is 12.4 Å². The molecule has 0 atom stereocenters. The Bertz CT molecular complexity index is 310. The minimum Gasteiger partial charge on any atom is -0.748 e. The van der Waals surface area contributed by atoms with Gasteiger partial charge < -0.3 is 9.29 Å². The molecule has 0 fully saturated rings. The molecule has 90 valence electrons. The SMILES string of the molecule is CCC(C)(C)C(=O)OCCCS(=O)(=O)[O-].[K+]. The van der Waals surface area contributed by atoms with Crippen molar-refractivity contribution in [2.24, 2.45) is 5.41 Å². The molecule has 0 aliphatic rings. The molecule has 7 heteroatoms. The largest absolute Gasteiger partial charge is 1.00 e. The van der Waals surface area contributed by atoms with E-state index in [1.807, 2.05) is 6.92 Å². The van der Waals surface area contributed by atoms with E-state index in [1.165, 1.54) is 0 Å². The van der Waals surface area contributed by atoms with Crippen LogP contribution in [-0.4, -0.2) is 31.3 Å². The minimum atomic E-state index is -4.20. The summed E-state index contributed by atoms with van der Waals surface area (Å²) in [5.74, 6) is -0.861. The van der Waals surface area contributed by atoms with Gasteiger partial charge in [0.1, 0.15) is 0 Å². The normalized spacial score (nSPS) is 11.8. The van der Waals surface area contributed by atoms with Gasteiger partial charge in [-0.1, -0.05) is 6.92 Å². The molecule has 0 N–H and O–H groups in total. The summed E-state index contributed by atoms with van der Waals surface area (Å²) in [6.07, 6.45) is 0.697. The molecule has 5 nitrogen and oxygen atoms in total.